The van der Waals surface area contributed by atoms with E-state index in [1.165, 1.54) is 6.42 Å². The van der Waals surface area contributed by atoms with Gasteiger partial charge in [-0.05, 0) is 48.8 Å². The highest BCUT2D eigenvalue weighted by molar-refractivity contribution is 6.31. The minimum absolute atomic E-state index is 0.0229. The molecule has 5 heteroatoms. The van der Waals surface area contributed by atoms with Crippen molar-refractivity contribution in [3.05, 3.63) is 29.0 Å². The maximum atomic E-state index is 12.7. The van der Waals surface area contributed by atoms with Gasteiger partial charge in [0.05, 0.1) is 11.0 Å². The Kier molecular flexibility index (Phi) is 5.91. The van der Waals surface area contributed by atoms with Crippen molar-refractivity contribution in [2.75, 3.05) is 0 Å². The number of rotatable bonds is 5. The van der Waals surface area contributed by atoms with E-state index in [9.17, 15) is 4.79 Å². The molecule has 0 aliphatic heterocycles. The molecule has 0 saturated heterocycles. The van der Waals surface area contributed by atoms with Gasteiger partial charge >= 0.3 is 5.97 Å². The van der Waals surface area contributed by atoms with Crippen molar-refractivity contribution in [3.63, 3.8) is 0 Å². The number of ether oxygens (including phenoxy) is 1. The second-order valence-electron chi connectivity index (χ2n) is 7.96. The predicted octanol–water partition coefficient (Wildman–Crippen LogP) is 5.26. The second-order valence-corrected chi connectivity index (χ2v) is 8.39. The van der Waals surface area contributed by atoms with Crippen molar-refractivity contribution in [2.45, 2.75) is 66.0 Å². The molecule has 3 rings (SSSR count). The molecule has 0 unspecified atom stereocenters. The summed E-state index contributed by atoms with van der Waals surface area (Å²) < 4.78 is 7.91. The molecule has 0 amide bonds. The largest absolute Gasteiger partial charge is 0.461 e. The maximum Gasteiger partial charge on any atom is 0.326 e. The first-order chi connectivity index (χ1) is 12.4. The fourth-order valence-electron chi connectivity index (χ4n) is 4.18. The fourth-order valence-corrected chi connectivity index (χ4v) is 4.34. The number of halogens is 1. The zero-order valence-electron chi connectivity index (χ0n) is 16.2. The van der Waals surface area contributed by atoms with E-state index in [-0.39, 0.29) is 18.6 Å². The van der Waals surface area contributed by atoms with Crippen LogP contribution in [0.2, 0.25) is 5.02 Å². The third-order valence-corrected chi connectivity index (χ3v) is 5.87. The Morgan fingerprint density at radius 2 is 2.15 bits per heavy atom. The van der Waals surface area contributed by atoms with E-state index in [4.69, 9.17) is 16.3 Å². The second kappa shape index (κ2) is 7.99. The zero-order chi connectivity index (χ0) is 18.8. The number of carbonyl (C=O) groups is 1. The standard InChI is InChI=1S/C21H29ClN2O2/c1-5-20-23-17-9-7-15(22)11-18(17)24(20)12-21(25)26-19-10-14(4)6-8-16(19)13(2)3/h7,9,11,13-14,16,19H,5-6,8,10,12H2,1-4H3/t14-,16+,19-/m1/s1. The van der Waals surface area contributed by atoms with Gasteiger partial charge in [-0.1, -0.05) is 45.7 Å². The normalized spacial score (nSPS) is 23.5. The van der Waals surface area contributed by atoms with E-state index < -0.39 is 0 Å². The van der Waals surface area contributed by atoms with E-state index in [0.29, 0.717) is 22.8 Å². The number of hydrogen-bond donors (Lipinski definition) is 0. The van der Waals surface area contributed by atoms with Gasteiger partial charge in [-0.25, -0.2) is 4.98 Å². The average Bonchev–Trinajstić information content (AvgIpc) is 2.91. The molecule has 1 saturated carbocycles. The van der Waals surface area contributed by atoms with E-state index in [2.05, 4.69) is 25.8 Å². The van der Waals surface area contributed by atoms with Crippen LogP contribution in [0.1, 0.15) is 52.8 Å². The third-order valence-electron chi connectivity index (χ3n) is 5.64. The smallest absolute Gasteiger partial charge is 0.326 e. The van der Waals surface area contributed by atoms with Crippen LogP contribution in [-0.4, -0.2) is 21.6 Å². The Labute approximate surface area is 160 Å². The Morgan fingerprint density at radius 1 is 1.38 bits per heavy atom. The summed E-state index contributed by atoms with van der Waals surface area (Å²) in [5.74, 6) is 2.30. The van der Waals surface area contributed by atoms with Crippen LogP contribution in [-0.2, 0) is 22.5 Å². The van der Waals surface area contributed by atoms with Gasteiger partial charge in [0.25, 0.3) is 0 Å². The van der Waals surface area contributed by atoms with E-state index in [1.54, 1.807) is 0 Å². The summed E-state index contributed by atoms with van der Waals surface area (Å²) >= 11 is 6.15. The van der Waals surface area contributed by atoms with Gasteiger partial charge in [0.1, 0.15) is 18.5 Å². The van der Waals surface area contributed by atoms with Crippen molar-refractivity contribution < 1.29 is 9.53 Å². The molecule has 1 fully saturated rings. The third kappa shape index (κ3) is 4.06. The number of nitrogens with zero attached hydrogens (tertiary/aromatic N) is 2. The lowest BCUT2D eigenvalue weighted by molar-refractivity contribution is -0.156. The molecule has 3 atom stereocenters. The molecule has 1 aromatic carbocycles. The van der Waals surface area contributed by atoms with E-state index in [0.717, 1.165) is 36.1 Å². The Balaban J connectivity index is 1.79. The molecule has 26 heavy (non-hydrogen) atoms. The Morgan fingerprint density at radius 3 is 2.85 bits per heavy atom. The fraction of sp³-hybridized carbons (Fsp3) is 0.619. The van der Waals surface area contributed by atoms with Crippen LogP contribution in [0.3, 0.4) is 0 Å². The van der Waals surface area contributed by atoms with Gasteiger partial charge in [-0.15, -0.1) is 0 Å². The van der Waals surface area contributed by atoms with Crippen LogP contribution in [0.4, 0.5) is 0 Å². The maximum absolute atomic E-state index is 12.7. The molecule has 142 valence electrons. The summed E-state index contributed by atoms with van der Waals surface area (Å²) in [6, 6.07) is 5.60. The molecule has 0 bridgehead atoms. The number of imidazole rings is 1. The first-order valence-corrected chi connectivity index (χ1v) is 10.1. The number of aromatic nitrogens is 2. The lowest BCUT2D eigenvalue weighted by atomic mass is 9.75. The summed E-state index contributed by atoms with van der Waals surface area (Å²) in [5, 5.41) is 0.649. The molecular formula is C21H29ClN2O2. The summed E-state index contributed by atoms with van der Waals surface area (Å²) in [5.41, 5.74) is 1.76. The minimum atomic E-state index is -0.177. The minimum Gasteiger partial charge on any atom is -0.461 e. The quantitative estimate of drug-likeness (QED) is 0.669. The summed E-state index contributed by atoms with van der Waals surface area (Å²) in [7, 11) is 0. The Hall–Kier alpha value is -1.55. The lowest BCUT2D eigenvalue weighted by Gasteiger charge is -2.36. The lowest BCUT2D eigenvalue weighted by Crippen LogP contribution is -2.36. The Bertz CT molecular complexity index is 784. The molecule has 0 N–H and O–H groups in total. The van der Waals surface area contributed by atoms with Gasteiger partial charge in [0, 0.05) is 11.4 Å². The number of benzene rings is 1. The molecule has 0 spiro atoms. The highest BCUT2D eigenvalue weighted by atomic mass is 35.5. The number of hydrogen-bond acceptors (Lipinski definition) is 3. The summed E-state index contributed by atoms with van der Waals surface area (Å²) in [4.78, 5) is 17.4. The molecule has 0 radical (unpaired) electrons. The van der Waals surface area contributed by atoms with Crippen LogP contribution >= 0.6 is 11.6 Å². The van der Waals surface area contributed by atoms with Crippen LogP contribution in [0.15, 0.2) is 18.2 Å². The van der Waals surface area contributed by atoms with Crippen molar-refractivity contribution in [1.82, 2.24) is 9.55 Å². The predicted molar refractivity (Wildman–Crippen MR) is 105 cm³/mol. The monoisotopic (exact) mass is 376 g/mol. The summed E-state index contributed by atoms with van der Waals surface area (Å²) in [6.45, 7) is 8.93. The molecule has 2 aromatic rings. The average molecular weight is 377 g/mol. The van der Waals surface area contributed by atoms with Crippen molar-refractivity contribution in [3.8, 4) is 0 Å². The number of fused-ring (bicyclic) bond motifs is 1. The van der Waals surface area contributed by atoms with Crippen molar-refractivity contribution in [2.24, 2.45) is 17.8 Å². The van der Waals surface area contributed by atoms with Crippen LogP contribution in [0.25, 0.3) is 11.0 Å². The van der Waals surface area contributed by atoms with Crippen molar-refractivity contribution >= 4 is 28.6 Å². The number of carbonyl (C=O) groups excluding carboxylic acids is 1. The van der Waals surface area contributed by atoms with E-state index in [1.807, 2.05) is 29.7 Å². The molecule has 1 heterocycles. The summed E-state index contributed by atoms with van der Waals surface area (Å²) in [6.07, 6.45) is 4.11. The van der Waals surface area contributed by atoms with Gasteiger partial charge in [-0.3, -0.25) is 4.79 Å². The van der Waals surface area contributed by atoms with Crippen molar-refractivity contribution in [1.29, 1.82) is 0 Å². The highest BCUT2D eigenvalue weighted by Gasteiger charge is 2.33. The van der Waals surface area contributed by atoms with Crippen LogP contribution < -0.4 is 0 Å². The topological polar surface area (TPSA) is 44.1 Å². The van der Waals surface area contributed by atoms with Crippen LogP contribution in [0, 0.1) is 17.8 Å². The first kappa shape index (κ1) is 19.2. The molecule has 1 aliphatic rings. The molecule has 1 aliphatic carbocycles. The van der Waals surface area contributed by atoms with Gasteiger partial charge < -0.3 is 9.30 Å². The zero-order valence-corrected chi connectivity index (χ0v) is 16.9. The van der Waals surface area contributed by atoms with Gasteiger partial charge in [0.2, 0.25) is 0 Å². The number of aryl methyl sites for hydroxylation is 1. The van der Waals surface area contributed by atoms with Gasteiger partial charge in [-0.2, -0.15) is 0 Å². The SMILES string of the molecule is CCc1nc2ccc(Cl)cc2n1CC(=O)O[C@@H]1C[C@H](C)CC[C@H]1C(C)C. The first-order valence-electron chi connectivity index (χ1n) is 9.73. The number of esters is 1. The molecule has 4 nitrogen and oxygen atoms in total. The van der Waals surface area contributed by atoms with E-state index >= 15 is 0 Å². The highest BCUT2D eigenvalue weighted by Crippen LogP contribution is 2.35. The van der Waals surface area contributed by atoms with Gasteiger partial charge in [0.15, 0.2) is 0 Å². The molecule has 1 aromatic heterocycles. The van der Waals surface area contributed by atoms with Crippen LogP contribution in [0.5, 0.6) is 0 Å². The molecular weight excluding hydrogens is 348 g/mol.